The number of carbonyl (C=O) groups excluding carboxylic acids is 2. The van der Waals surface area contributed by atoms with E-state index in [2.05, 4.69) is 21.2 Å². The monoisotopic (exact) mass is 358 g/mol. The number of halogens is 1. The van der Waals surface area contributed by atoms with E-state index in [1.54, 1.807) is 0 Å². The van der Waals surface area contributed by atoms with Gasteiger partial charge in [-0.05, 0) is 18.3 Å². The van der Waals surface area contributed by atoms with Gasteiger partial charge < -0.3 is 10.1 Å². The Bertz CT molecular complexity index is 429. The molecule has 3 fully saturated rings. The summed E-state index contributed by atoms with van der Waals surface area (Å²) < 4.78 is 5.34. The Labute approximate surface area is 133 Å². The van der Waals surface area contributed by atoms with Gasteiger partial charge in [-0.15, -0.1) is 0 Å². The summed E-state index contributed by atoms with van der Waals surface area (Å²) in [6, 6.07) is -0.215. The van der Waals surface area contributed by atoms with Crippen LogP contribution in [0.25, 0.3) is 0 Å². The number of imide groups is 1. The highest BCUT2D eigenvalue weighted by atomic mass is 79.9. The van der Waals surface area contributed by atoms with Crippen molar-refractivity contribution in [3.8, 4) is 0 Å². The number of amides is 3. The lowest BCUT2D eigenvalue weighted by Crippen LogP contribution is -2.51. The first-order valence-corrected chi connectivity index (χ1v) is 9.01. The largest absolute Gasteiger partial charge is 0.381 e. The predicted octanol–water partition coefficient (Wildman–Crippen LogP) is 2.43. The van der Waals surface area contributed by atoms with Gasteiger partial charge in [-0.2, -0.15) is 0 Å². The zero-order valence-electron chi connectivity index (χ0n) is 12.3. The topological polar surface area (TPSA) is 58.6 Å². The van der Waals surface area contributed by atoms with Gasteiger partial charge in [-0.3, -0.25) is 9.69 Å². The van der Waals surface area contributed by atoms with Crippen LogP contribution in [0.2, 0.25) is 0 Å². The molecule has 2 heterocycles. The number of urea groups is 1. The summed E-state index contributed by atoms with van der Waals surface area (Å²) in [5.74, 6) is -0.0401. The Hall–Kier alpha value is -0.620. The Kier molecular flexibility index (Phi) is 4.28. The van der Waals surface area contributed by atoms with Gasteiger partial charge >= 0.3 is 6.03 Å². The molecule has 0 aromatic heterocycles. The van der Waals surface area contributed by atoms with Crippen LogP contribution in [-0.2, 0) is 9.53 Å². The smallest absolute Gasteiger partial charge is 0.325 e. The number of hydrogen-bond acceptors (Lipinski definition) is 3. The molecule has 3 rings (SSSR count). The van der Waals surface area contributed by atoms with Crippen LogP contribution in [0.4, 0.5) is 4.79 Å². The van der Waals surface area contributed by atoms with E-state index in [4.69, 9.17) is 4.74 Å². The number of alkyl halides is 1. The second-order valence-corrected chi connectivity index (χ2v) is 7.27. The molecule has 21 heavy (non-hydrogen) atoms. The molecular formula is C15H23BrN2O3. The highest BCUT2D eigenvalue weighted by molar-refractivity contribution is 9.09. The van der Waals surface area contributed by atoms with Crippen molar-refractivity contribution < 1.29 is 14.3 Å². The van der Waals surface area contributed by atoms with Crippen molar-refractivity contribution in [1.29, 1.82) is 0 Å². The lowest BCUT2D eigenvalue weighted by molar-refractivity contribution is -0.135. The Morgan fingerprint density at radius 3 is 2.38 bits per heavy atom. The molecule has 0 bridgehead atoms. The summed E-state index contributed by atoms with van der Waals surface area (Å²) in [7, 11) is 0. The van der Waals surface area contributed by atoms with Crippen LogP contribution in [0.1, 0.15) is 44.9 Å². The Morgan fingerprint density at radius 2 is 1.76 bits per heavy atom. The summed E-state index contributed by atoms with van der Waals surface area (Å²) in [6.45, 7) is 1.64. The molecule has 118 valence electrons. The highest BCUT2D eigenvalue weighted by Gasteiger charge is 2.53. The quantitative estimate of drug-likeness (QED) is 0.622. The van der Waals surface area contributed by atoms with E-state index in [1.807, 2.05) is 0 Å². The van der Waals surface area contributed by atoms with Crippen molar-refractivity contribution in [2.24, 2.45) is 5.41 Å². The third kappa shape index (κ3) is 2.72. The SMILES string of the molecule is O=C1NC2(CCOCC2)C(=O)N1CC1(CBr)CCCCC1. The van der Waals surface area contributed by atoms with Gasteiger partial charge in [0.15, 0.2) is 0 Å². The second-order valence-electron chi connectivity index (χ2n) is 6.71. The summed E-state index contributed by atoms with van der Waals surface area (Å²) in [5.41, 5.74) is -0.639. The van der Waals surface area contributed by atoms with E-state index in [0.29, 0.717) is 32.6 Å². The van der Waals surface area contributed by atoms with Crippen LogP contribution in [0.5, 0.6) is 0 Å². The van der Waals surface area contributed by atoms with E-state index in [0.717, 1.165) is 18.2 Å². The summed E-state index contributed by atoms with van der Waals surface area (Å²) in [4.78, 5) is 26.6. The van der Waals surface area contributed by atoms with Gasteiger partial charge in [0.25, 0.3) is 5.91 Å². The Morgan fingerprint density at radius 1 is 1.10 bits per heavy atom. The van der Waals surface area contributed by atoms with Crippen molar-refractivity contribution >= 4 is 27.9 Å². The minimum atomic E-state index is -0.697. The average molecular weight is 359 g/mol. The summed E-state index contributed by atoms with van der Waals surface area (Å²) in [5, 5.41) is 3.80. The van der Waals surface area contributed by atoms with Crippen molar-refractivity contribution in [2.75, 3.05) is 25.1 Å². The lowest BCUT2D eigenvalue weighted by atomic mass is 9.75. The average Bonchev–Trinajstić information content (AvgIpc) is 2.73. The lowest BCUT2D eigenvalue weighted by Gasteiger charge is -2.38. The molecule has 5 nitrogen and oxygen atoms in total. The maximum Gasteiger partial charge on any atom is 0.325 e. The minimum absolute atomic E-state index is 0.0401. The van der Waals surface area contributed by atoms with Crippen LogP contribution in [0.3, 0.4) is 0 Å². The summed E-state index contributed by atoms with van der Waals surface area (Å²) in [6.07, 6.45) is 7.00. The third-order valence-electron chi connectivity index (χ3n) is 5.28. The minimum Gasteiger partial charge on any atom is -0.381 e. The number of carbonyl (C=O) groups is 2. The molecular weight excluding hydrogens is 336 g/mol. The molecule has 0 aromatic carbocycles. The fourth-order valence-electron chi connectivity index (χ4n) is 3.85. The van der Waals surface area contributed by atoms with Crippen molar-refractivity contribution in [3.63, 3.8) is 0 Å². The van der Waals surface area contributed by atoms with E-state index in [1.165, 1.54) is 24.2 Å². The van der Waals surface area contributed by atoms with Gasteiger partial charge in [0.05, 0.1) is 0 Å². The molecule has 1 spiro atoms. The van der Waals surface area contributed by atoms with E-state index >= 15 is 0 Å². The molecule has 2 aliphatic heterocycles. The zero-order valence-corrected chi connectivity index (χ0v) is 13.9. The van der Waals surface area contributed by atoms with E-state index in [9.17, 15) is 9.59 Å². The number of hydrogen-bond donors (Lipinski definition) is 1. The molecule has 1 N–H and O–H groups in total. The third-order valence-corrected chi connectivity index (χ3v) is 6.47. The molecule has 6 heteroatoms. The van der Waals surface area contributed by atoms with Crippen LogP contribution in [-0.4, -0.2) is 47.5 Å². The number of ether oxygens (including phenoxy) is 1. The molecule has 2 saturated heterocycles. The van der Waals surface area contributed by atoms with Gasteiger partial charge in [-0.25, -0.2) is 4.79 Å². The molecule has 1 saturated carbocycles. The fraction of sp³-hybridized carbons (Fsp3) is 0.867. The van der Waals surface area contributed by atoms with Crippen molar-refractivity contribution in [3.05, 3.63) is 0 Å². The fourth-order valence-corrected chi connectivity index (χ4v) is 4.59. The zero-order chi connectivity index (χ0) is 14.9. The maximum atomic E-state index is 12.8. The molecule has 0 aromatic rings. The van der Waals surface area contributed by atoms with Gasteiger partial charge in [0.2, 0.25) is 0 Å². The van der Waals surface area contributed by atoms with Crippen LogP contribution in [0.15, 0.2) is 0 Å². The molecule has 3 aliphatic rings. The molecule has 0 radical (unpaired) electrons. The van der Waals surface area contributed by atoms with Gasteiger partial charge in [0, 0.05) is 37.9 Å². The van der Waals surface area contributed by atoms with Crippen LogP contribution >= 0.6 is 15.9 Å². The van der Waals surface area contributed by atoms with Crippen LogP contribution < -0.4 is 5.32 Å². The Balaban J connectivity index is 1.75. The maximum absolute atomic E-state index is 12.8. The normalized spacial score (nSPS) is 28.0. The van der Waals surface area contributed by atoms with Crippen LogP contribution in [0, 0.1) is 5.41 Å². The van der Waals surface area contributed by atoms with Crippen molar-refractivity contribution in [2.45, 2.75) is 50.5 Å². The molecule has 0 atom stereocenters. The van der Waals surface area contributed by atoms with Crippen molar-refractivity contribution in [1.82, 2.24) is 10.2 Å². The molecule has 3 amide bonds. The van der Waals surface area contributed by atoms with E-state index in [-0.39, 0.29) is 17.4 Å². The predicted molar refractivity (Wildman–Crippen MR) is 82.3 cm³/mol. The van der Waals surface area contributed by atoms with Gasteiger partial charge in [-0.1, -0.05) is 35.2 Å². The van der Waals surface area contributed by atoms with Gasteiger partial charge in [0.1, 0.15) is 5.54 Å². The standard InChI is InChI=1S/C15H23BrN2O3/c16-10-14(4-2-1-3-5-14)11-18-12(19)15(17-13(18)20)6-8-21-9-7-15/h1-11H2,(H,17,20). The van der Waals surface area contributed by atoms with E-state index < -0.39 is 5.54 Å². The summed E-state index contributed by atoms with van der Waals surface area (Å²) >= 11 is 3.61. The molecule has 0 unspecified atom stereocenters. The highest BCUT2D eigenvalue weighted by Crippen LogP contribution is 2.40. The number of rotatable bonds is 3. The number of nitrogens with one attached hydrogen (secondary N) is 1. The first kappa shape index (κ1) is 15.3. The number of nitrogens with zero attached hydrogens (tertiary/aromatic N) is 1. The molecule has 1 aliphatic carbocycles. The second kappa shape index (κ2) is 5.88. The first-order valence-electron chi connectivity index (χ1n) is 7.89. The first-order chi connectivity index (χ1) is 10.1.